The monoisotopic (exact) mass is 449 g/mol. The minimum atomic E-state index is -3.56. The number of rotatable bonds is 13. The van der Waals surface area contributed by atoms with Crippen LogP contribution in [-0.2, 0) is 14.8 Å². The summed E-state index contributed by atoms with van der Waals surface area (Å²) in [6.07, 6.45) is 11.1. The second-order valence-electron chi connectivity index (χ2n) is 7.05. The van der Waals surface area contributed by atoms with Crippen molar-refractivity contribution in [1.29, 1.82) is 0 Å². The lowest BCUT2D eigenvalue weighted by Gasteiger charge is -2.15. The molecule has 0 amide bonds. The number of unbranched alkanes of at least 4 members (excludes halogenated alkanes) is 1. The Bertz CT molecular complexity index is 916. The first-order valence-corrected chi connectivity index (χ1v) is 11.7. The average Bonchev–Trinajstić information content (AvgIpc) is 2.72. The number of carbonyl (C=O) groups excluding carboxylic acids is 1. The summed E-state index contributed by atoms with van der Waals surface area (Å²) >= 11 is 5.79. The van der Waals surface area contributed by atoms with Crippen LogP contribution in [0.3, 0.4) is 0 Å². The van der Waals surface area contributed by atoms with E-state index in [0.717, 1.165) is 24.8 Å². The highest BCUT2D eigenvalue weighted by Gasteiger charge is 2.13. The summed E-state index contributed by atoms with van der Waals surface area (Å²) in [6.45, 7) is 0.323. The van der Waals surface area contributed by atoms with Gasteiger partial charge in [0.2, 0.25) is 10.0 Å². The number of nitrogens with one attached hydrogen (secondary N) is 1. The van der Waals surface area contributed by atoms with Crippen molar-refractivity contribution in [1.82, 2.24) is 9.71 Å². The predicted octanol–water partition coefficient (Wildman–Crippen LogP) is 3.43. The van der Waals surface area contributed by atoms with Crippen molar-refractivity contribution in [2.45, 2.75) is 43.4 Å². The number of sulfonamides is 1. The third kappa shape index (κ3) is 9.07. The Labute approximate surface area is 183 Å². The minimum absolute atomic E-state index is 0.0224. The fraction of sp³-hybridized carbons (Fsp3) is 0.364. The molecule has 0 bridgehead atoms. The minimum Gasteiger partial charge on any atom is -0.550 e. The number of nitrogens with zero attached hydrogens (tertiary/aromatic N) is 1. The summed E-state index contributed by atoms with van der Waals surface area (Å²) in [5, 5.41) is 11.3. The molecule has 2 rings (SSSR count). The molecule has 162 valence electrons. The highest BCUT2D eigenvalue weighted by atomic mass is 35.5. The molecular formula is C22H26ClN2O4S-. The number of carboxylic acid groups (broad SMARTS) is 1. The van der Waals surface area contributed by atoms with Gasteiger partial charge >= 0.3 is 0 Å². The summed E-state index contributed by atoms with van der Waals surface area (Å²) in [7, 11) is -3.56. The molecule has 0 aliphatic heterocycles. The lowest BCUT2D eigenvalue weighted by molar-refractivity contribution is -0.306. The number of carboxylic acids is 1. The molecular weight excluding hydrogens is 424 g/mol. The van der Waals surface area contributed by atoms with Crippen molar-refractivity contribution < 1.29 is 18.3 Å². The van der Waals surface area contributed by atoms with E-state index in [0.29, 0.717) is 24.4 Å². The molecule has 0 aliphatic rings. The van der Waals surface area contributed by atoms with Crippen molar-refractivity contribution in [3.63, 3.8) is 0 Å². The highest BCUT2D eigenvalue weighted by Crippen LogP contribution is 2.20. The molecule has 0 fully saturated rings. The molecule has 0 spiro atoms. The Morgan fingerprint density at radius 1 is 1.17 bits per heavy atom. The molecule has 6 nitrogen and oxygen atoms in total. The maximum absolute atomic E-state index is 12.3. The molecule has 1 aromatic carbocycles. The Morgan fingerprint density at radius 3 is 2.60 bits per heavy atom. The van der Waals surface area contributed by atoms with Gasteiger partial charge in [0, 0.05) is 29.9 Å². The van der Waals surface area contributed by atoms with E-state index in [1.165, 1.54) is 24.3 Å². The number of benzene rings is 1. The average molecular weight is 450 g/mol. The molecule has 30 heavy (non-hydrogen) atoms. The van der Waals surface area contributed by atoms with Crippen LogP contribution in [0.25, 0.3) is 6.08 Å². The molecule has 1 heterocycles. The molecule has 0 radical (unpaired) electrons. The van der Waals surface area contributed by atoms with Gasteiger partial charge in [-0.05, 0) is 67.5 Å². The van der Waals surface area contributed by atoms with Gasteiger partial charge in [-0.1, -0.05) is 42.7 Å². The zero-order valence-electron chi connectivity index (χ0n) is 16.7. The van der Waals surface area contributed by atoms with E-state index >= 15 is 0 Å². The number of allylic oxidation sites excluding steroid dienone is 1. The van der Waals surface area contributed by atoms with Crippen LogP contribution in [0.2, 0.25) is 5.02 Å². The number of aromatic nitrogens is 1. The quantitative estimate of drug-likeness (QED) is 0.472. The molecule has 2 aromatic rings. The third-order valence-electron chi connectivity index (χ3n) is 4.68. The Hall–Kier alpha value is -2.22. The maximum atomic E-state index is 12.3. The second-order valence-corrected chi connectivity index (χ2v) is 9.25. The van der Waals surface area contributed by atoms with E-state index in [4.69, 9.17) is 11.6 Å². The van der Waals surface area contributed by atoms with Crippen LogP contribution in [0.15, 0.2) is 59.8 Å². The van der Waals surface area contributed by atoms with Gasteiger partial charge < -0.3 is 9.90 Å². The summed E-state index contributed by atoms with van der Waals surface area (Å²) in [6, 6.07) is 9.82. The van der Waals surface area contributed by atoms with Gasteiger partial charge in [-0.15, -0.1) is 0 Å². The lowest BCUT2D eigenvalue weighted by atomic mass is 9.93. The highest BCUT2D eigenvalue weighted by molar-refractivity contribution is 7.89. The van der Waals surface area contributed by atoms with Crippen LogP contribution in [0, 0.1) is 5.92 Å². The van der Waals surface area contributed by atoms with Gasteiger partial charge in [0.25, 0.3) is 0 Å². The molecule has 1 unspecified atom stereocenters. The van der Waals surface area contributed by atoms with E-state index in [9.17, 15) is 18.3 Å². The number of carbonyl (C=O) groups is 1. The fourth-order valence-electron chi connectivity index (χ4n) is 3.03. The van der Waals surface area contributed by atoms with Gasteiger partial charge in [-0.25, -0.2) is 13.1 Å². The molecule has 8 heteroatoms. The van der Waals surface area contributed by atoms with Gasteiger partial charge in [-0.2, -0.15) is 0 Å². The number of pyridine rings is 1. The Balaban J connectivity index is 1.77. The number of hydrogen-bond acceptors (Lipinski definition) is 5. The smallest absolute Gasteiger partial charge is 0.240 e. The van der Waals surface area contributed by atoms with Crippen LogP contribution in [0.5, 0.6) is 0 Å². The molecule has 1 N–H and O–H groups in total. The summed E-state index contributed by atoms with van der Waals surface area (Å²) in [5.74, 6) is -0.851. The lowest BCUT2D eigenvalue weighted by Crippen LogP contribution is -2.25. The van der Waals surface area contributed by atoms with Crippen molar-refractivity contribution in [2.75, 3.05) is 6.54 Å². The molecule has 0 saturated heterocycles. The first-order chi connectivity index (χ1) is 14.4. The standard InChI is InChI=1S/C22H27ClN2O4S/c23-20-10-12-21(13-11-20)30(28,29)25-16-2-1-5-18(9-14-22(26)27)6-3-7-19-8-4-15-24-17-19/h3-4,7-8,10-13,15,17-18,25H,1-2,5-6,9,14,16H2,(H,26,27)/p-1/b7-3+. The normalized spacial score (nSPS) is 12.8. The first kappa shape index (κ1) is 24.1. The van der Waals surface area contributed by atoms with Crippen LogP contribution < -0.4 is 9.83 Å². The summed E-state index contributed by atoms with van der Waals surface area (Å²) < 4.78 is 27.1. The molecule has 0 saturated carbocycles. The predicted molar refractivity (Wildman–Crippen MR) is 116 cm³/mol. The number of halogens is 1. The zero-order valence-corrected chi connectivity index (χ0v) is 18.2. The van der Waals surface area contributed by atoms with Gasteiger partial charge in [0.1, 0.15) is 0 Å². The largest absolute Gasteiger partial charge is 0.550 e. The first-order valence-electron chi connectivity index (χ1n) is 9.88. The van der Waals surface area contributed by atoms with Crippen molar-refractivity contribution >= 4 is 33.7 Å². The Kier molecular flexibility index (Phi) is 10.00. The van der Waals surface area contributed by atoms with Crippen LogP contribution in [-0.4, -0.2) is 25.9 Å². The van der Waals surface area contributed by atoms with E-state index in [1.807, 2.05) is 24.3 Å². The molecule has 1 aromatic heterocycles. The number of hydrogen-bond donors (Lipinski definition) is 1. The summed E-state index contributed by atoms with van der Waals surface area (Å²) in [5.41, 5.74) is 0.993. The zero-order chi connectivity index (χ0) is 21.8. The van der Waals surface area contributed by atoms with Gasteiger partial charge in [0.05, 0.1) is 4.90 Å². The van der Waals surface area contributed by atoms with Crippen LogP contribution in [0.4, 0.5) is 0 Å². The van der Waals surface area contributed by atoms with Crippen LogP contribution >= 0.6 is 11.6 Å². The van der Waals surface area contributed by atoms with Gasteiger partial charge in [0.15, 0.2) is 0 Å². The SMILES string of the molecule is O=C([O-])CCC(C/C=C/c1cccnc1)CCCCNS(=O)(=O)c1ccc(Cl)cc1. The topological polar surface area (TPSA) is 99.2 Å². The van der Waals surface area contributed by atoms with Crippen molar-refractivity contribution in [3.8, 4) is 0 Å². The molecule has 1 atom stereocenters. The summed E-state index contributed by atoms with van der Waals surface area (Å²) in [4.78, 5) is 15.1. The van der Waals surface area contributed by atoms with Crippen molar-refractivity contribution in [3.05, 3.63) is 65.5 Å². The van der Waals surface area contributed by atoms with E-state index in [2.05, 4.69) is 9.71 Å². The maximum Gasteiger partial charge on any atom is 0.240 e. The number of aliphatic carboxylic acids is 1. The third-order valence-corrected chi connectivity index (χ3v) is 6.40. The van der Waals surface area contributed by atoms with Crippen LogP contribution in [0.1, 0.15) is 44.1 Å². The van der Waals surface area contributed by atoms with E-state index in [-0.39, 0.29) is 17.2 Å². The van der Waals surface area contributed by atoms with Gasteiger partial charge in [-0.3, -0.25) is 4.98 Å². The van der Waals surface area contributed by atoms with E-state index in [1.54, 1.807) is 12.4 Å². The second kappa shape index (κ2) is 12.5. The molecule has 0 aliphatic carbocycles. The van der Waals surface area contributed by atoms with Crippen molar-refractivity contribution in [2.24, 2.45) is 5.92 Å². The fourth-order valence-corrected chi connectivity index (χ4v) is 4.23. The van der Waals surface area contributed by atoms with E-state index < -0.39 is 16.0 Å². The Morgan fingerprint density at radius 2 is 1.93 bits per heavy atom.